The molecule has 0 atom stereocenters. The van der Waals surface area contributed by atoms with E-state index in [0.717, 1.165) is 25.9 Å². The first-order chi connectivity index (χ1) is 13.0. The molecule has 7 heteroatoms. The van der Waals surface area contributed by atoms with Crippen molar-refractivity contribution in [3.05, 3.63) is 63.7 Å². The first-order valence-electron chi connectivity index (χ1n) is 8.83. The predicted octanol–water partition coefficient (Wildman–Crippen LogP) is 3.96. The number of nitrogens with one attached hydrogen (secondary N) is 1. The summed E-state index contributed by atoms with van der Waals surface area (Å²) in [5, 5.41) is 22.9. The third-order valence-corrected chi connectivity index (χ3v) is 4.81. The molecule has 1 heterocycles. The summed E-state index contributed by atoms with van der Waals surface area (Å²) in [7, 11) is 0. The summed E-state index contributed by atoms with van der Waals surface area (Å²) in [4.78, 5) is 25.6. The number of amides is 1. The average molecular weight is 364 g/mol. The summed E-state index contributed by atoms with van der Waals surface area (Å²) in [6, 6.07) is 13.0. The Bertz CT molecular complexity index is 912. The summed E-state index contributed by atoms with van der Waals surface area (Å²) in [6.45, 7) is 3.81. The second-order valence-corrected chi connectivity index (χ2v) is 6.77. The van der Waals surface area contributed by atoms with E-state index < -0.39 is 10.8 Å². The minimum Gasteiger partial charge on any atom is -0.371 e. The van der Waals surface area contributed by atoms with Crippen LogP contribution in [0.5, 0.6) is 0 Å². The number of hydrogen-bond acceptors (Lipinski definition) is 5. The van der Waals surface area contributed by atoms with Crippen molar-refractivity contribution in [2.75, 3.05) is 23.3 Å². The number of benzene rings is 2. The number of non-ortho nitro benzene ring substituents is 1. The maximum Gasteiger partial charge on any atom is 0.270 e. The Balaban J connectivity index is 1.93. The van der Waals surface area contributed by atoms with E-state index in [-0.39, 0.29) is 11.3 Å². The van der Waals surface area contributed by atoms with E-state index in [2.05, 4.69) is 17.1 Å². The van der Waals surface area contributed by atoms with Crippen molar-refractivity contribution in [2.45, 2.75) is 19.8 Å². The van der Waals surface area contributed by atoms with Crippen LogP contribution in [0.25, 0.3) is 0 Å². The van der Waals surface area contributed by atoms with Crippen molar-refractivity contribution in [1.82, 2.24) is 0 Å². The molecule has 0 aromatic heterocycles. The lowest BCUT2D eigenvalue weighted by atomic mass is 9.98. The van der Waals surface area contributed by atoms with Gasteiger partial charge in [0.05, 0.1) is 27.8 Å². The van der Waals surface area contributed by atoms with E-state index in [1.165, 1.54) is 12.1 Å². The van der Waals surface area contributed by atoms with Gasteiger partial charge in [-0.25, -0.2) is 0 Å². The molecule has 1 aliphatic rings. The van der Waals surface area contributed by atoms with Gasteiger partial charge in [-0.3, -0.25) is 14.9 Å². The van der Waals surface area contributed by atoms with Gasteiger partial charge in [0, 0.05) is 30.9 Å². The number of piperidine rings is 1. The van der Waals surface area contributed by atoms with E-state index in [0.29, 0.717) is 22.9 Å². The van der Waals surface area contributed by atoms with Crippen LogP contribution >= 0.6 is 0 Å². The summed E-state index contributed by atoms with van der Waals surface area (Å²) < 4.78 is 0. The van der Waals surface area contributed by atoms with Crippen LogP contribution in [0.3, 0.4) is 0 Å². The zero-order valence-corrected chi connectivity index (χ0v) is 15.0. The Labute approximate surface area is 157 Å². The monoisotopic (exact) mass is 364 g/mol. The largest absolute Gasteiger partial charge is 0.371 e. The zero-order chi connectivity index (χ0) is 19.4. The molecular formula is C20H20N4O3. The number of carbonyl (C=O) groups excluding carboxylic acids is 1. The highest BCUT2D eigenvalue weighted by Gasteiger charge is 2.23. The van der Waals surface area contributed by atoms with Gasteiger partial charge in [-0.05, 0) is 43.0 Å². The molecule has 1 aliphatic heterocycles. The van der Waals surface area contributed by atoms with Crippen molar-refractivity contribution in [3.8, 4) is 6.07 Å². The van der Waals surface area contributed by atoms with Crippen molar-refractivity contribution in [1.29, 1.82) is 5.26 Å². The van der Waals surface area contributed by atoms with Crippen molar-refractivity contribution < 1.29 is 9.72 Å². The van der Waals surface area contributed by atoms with E-state index in [9.17, 15) is 14.9 Å². The number of nitrogens with zero attached hydrogens (tertiary/aromatic N) is 3. The van der Waals surface area contributed by atoms with Gasteiger partial charge in [-0.2, -0.15) is 5.26 Å². The molecule has 0 unspecified atom stereocenters. The second kappa shape index (κ2) is 7.87. The summed E-state index contributed by atoms with van der Waals surface area (Å²) >= 11 is 0. The second-order valence-electron chi connectivity index (χ2n) is 6.77. The minimum atomic E-state index is -0.505. The van der Waals surface area contributed by atoms with Gasteiger partial charge in [0.2, 0.25) is 0 Å². The molecule has 0 bridgehead atoms. The van der Waals surface area contributed by atoms with E-state index >= 15 is 0 Å². The number of nitro benzene ring substituents is 1. The van der Waals surface area contributed by atoms with Crippen LogP contribution in [0.2, 0.25) is 0 Å². The molecule has 0 spiro atoms. The van der Waals surface area contributed by atoms with Crippen LogP contribution in [0.4, 0.5) is 17.1 Å². The fraction of sp³-hybridized carbons (Fsp3) is 0.300. The quantitative estimate of drug-likeness (QED) is 0.654. The van der Waals surface area contributed by atoms with Crippen LogP contribution in [-0.2, 0) is 0 Å². The minimum absolute atomic E-state index is 0.125. The molecule has 3 rings (SSSR count). The Morgan fingerprint density at radius 1 is 1.26 bits per heavy atom. The highest BCUT2D eigenvalue weighted by Crippen LogP contribution is 2.30. The fourth-order valence-electron chi connectivity index (χ4n) is 3.21. The fourth-order valence-corrected chi connectivity index (χ4v) is 3.21. The molecule has 27 heavy (non-hydrogen) atoms. The SMILES string of the molecule is CC1CCN(c2ccc([N+](=O)[O-])cc2C(=O)Nc2cccc(C#N)c2)CC1. The van der Waals surface area contributed by atoms with Gasteiger partial charge in [0.25, 0.3) is 11.6 Å². The molecule has 1 N–H and O–H groups in total. The van der Waals surface area contributed by atoms with Gasteiger partial charge in [-0.15, -0.1) is 0 Å². The summed E-state index contributed by atoms with van der Waals surface area (Å²) in [5.74, 6) is 0.202. The van der Waals surface area contributed by atoms with Crippen molar-refractivity contribution in [2.24, 2.45) is 5.92 Å². The van der Waals surface area contributed by atoms with E-state index in [1.807, 2.05) is 6.07 Å². The molecule has 7 nitrogen and oxygen atoms in total. The van der Waals surface area contributed by atoms with Crippen molar-refractivity contribution in [3.63, 3.8) is 0 Å². The number of nitro groups is 1. The highest BCUT2D eigenvalue weighted by molar-refractivity contribution is 6.08. The summed E-state index contributed by atoms with van der Waals surface area (Å²) in [5.41, 5.74) is 1.74. The molecule has 0 aliphatic carbocycles. The molecule has 1 fully saturated rings. The van der Waals surface area contributed by atoms with E-state index in [4.69, 9.17) is 5.26 Å². The summed E-state index contributed by atoms with van der Waals surface area (Å²) in [6.07, 6.45) is 2.03. The Morgan fingerprint density at radius 2 is 2.00 bits per heavy atom. The Hall–Kier alpha value is -3.40. The highest BCUT2D eigenvalue weighted by atomic mass is 16.6. The third kappa shape index (κ3) is 4.23. The van der Waals surface area contributed by atoms with Gasteiger partial charge in [-0.1, -0.05) is 13.0 Å². The zero-order valence-electron chi connectivity index (χ0n) is 15.0. The van der Waals surface area contributed by atoms with Gasteiger partial charge < -0.3 is 10.2 Å². The lowest BCUT2D eigenvalue weighted by Gasteiger charge is -2.33. The van der Waals surface area contributed by atoms with Crippen LogP contribution in [0, 0.1) is 27.4 Å². The first-order valence-corrected chi connectivity index (χ1v) is 8.83. The standard InChI is InChI=1S/C20H20N4O3/c1-14-7-9-23(10-8-14)19-6-5-17(24(26)27)12-18(19)20(25)22-16-4-2-3-15(11-16)13-21/h2-6,11-12,14H,7-10H2,1H3,(H,22,25). The number of rotatable bonds is 4. The molecule has 1 saturated heterocycles. The van der Waals surface area contributed by atoms with Crippen molar-refractivity contribution >= 4 is 23.0 Å². The molecule has 0 saturated carbocycles. The number of nitriles is 1. The lowest BCUT2D eigenvalue weighted by molar-refractivity contribution is -0.384. The van der Waals surface area contributed by atoms with Crippen LogP contribution in [0.1, 0.15) is 35.7 Å². The predicted molar refractivity (Wildman–Crippen MR) is 103 cm³/mol. The van der Waals surface area contributed by atoms with Gasteiger partial charge in [0.15, 0.2) is 0 Å². The molecular weight excluding hydrogens is 344 g/mol. The molecule has 1 amide bonds. The normalized spacial score (nSPS) is 14.4. The molecule has 0 radical (unpaired) electrons. The van der Waals surface area contributed by atoms with Crippen LogP contribution in [-0.4, -0.2) is 23.9 Å². The number of anilines is 2. The van der Waals surface area contributed by atoms with Crippen LogP contribution < -0.4 is 10.2 Å². The smallest absolute Gasteiger partial charge is 0.270 e. The topological polar surface area (TPSA) is 99.3 Å². The lowest BCUT2D eigenvalue weighted by Crippen LogP contribution is -2.34. The van der Waals surface area contributed by atoms with E-state index in [1.54, 1.807) is 30.3 Å². The third-order valence-electron chi connectivity index (χ3n) is 4.81. The van der Waals surface area contributed by atoms with Gasteiger partial charge in [0.1, 0.15) is 0 Å². The van der Waals surface area contributed by atoms with Gasteiger partial charge >= 0.3 is 0 Å². The first kappa shape index (κ1) is 18.4. The molecule has 138 valence electrons. The molecule has 2 aromatic rings. The Morgan fingerprint density at radius 3 is 2.67 bits per heavy atom. The number of carbonyl (C=O) groups is 1. The maximum absolute atomic E-state index is 12.9. The molecule has 2 aromatic carbocycles. The average Bonchev–Trinajstić information content (AvgIpc) is 2.68. The Kier molecular flexibility index (Phi) is 5.36. The van der Waals surface area contributed by atoms with Crippen LogP contribution in [0.15, 0.2) is 42.5 Å². The number of hydrogen-bond donors (Lipinski definition) is 1. The maximum atomic E-state index is 12.9.